The van der Waals surface area contributed by atoms with Crippen LogP contribution in [0.3, 0.4) is 0 Å². The van der Waals surface area contributed by atoms with Crippen molar-refractivity contribution in [2.45, 2.75) is 25.3 Å². The fourth-order valence-electron chi connectivity index (χ4n) is 4.35. The Hall–Kier alpha value is -2.25. The summed E-state index contributed by atoms with van der Waals surface area (Å²) in [6, 6.07) is 5.50. The third-order valence-corrected chi connectivity index (χ3v) is 5.44. The molecule has 2 N–H and O–H groups in total. The summed E-state index contributed by atoms with van der Waals surface area (Å²) < 4.78 is 7.14. The molecule has 26 heavy (non-hydrogen) atoms. The molecule has 2 aromatic heterocycles. The number of nitrogens with two attached hydrogens (primary N) is 1. The van der Waals surface area contributed by atoms with Crippen LogP contribution < -0.4 is 11.3 Å². The number of methoxy groups -OCH3 is 1. The number of hydrogen-bond donors (Lipinski definition) is 1. The number of rotatable bonds is 5. The van der Waals surface area contributed by atoms with Crippen LogP contribution in [0, 0.1) is 5.92 Å². The van der Waals surface area contributed by atoms with Gasteiger partial charge in [-0.05, 0) is 24.8 Å². The van der Waals surface area contributed by atoms with Gasteiger partial charge in [-0.3, -0.25) is 4.79 Å². The molecule has 0 unspecified atom stereocenters. The van der Waals surface area contributed by atoms with Crippen LogP contribution in [0.5, 0.6) is 0 Å². The summed E-state index contributed by atoms with van der Waals surface area (Å²) in [5.41, 5.74) is 8.48. The normalized spacial score (nSPS) is 22.2. The molecular weight excluding hydrogens is 330 g/mol. The van der Waals surface area contributed by atoms with Crippen LogP contribution >= 0.6 is 0 Å². The fourth-order valence-corrected chi connectivity index (χ4v) is 4.35. The highest BCUT2D eigenvalue weighted by Gasteiger charge is 2.34. The molecule has 138 valence electrons. The van der Waals surface area contributed by atoms with Gasteiger partial charge in [-0.1, -0.05) is 0 Å². The number of piperidine rings is 1. The molecule has 0 spiro atoms. The van der Waals surface area contributed by atoms with Gasteiger partial charge in [0.25, 0.3) is 5.56 Å². The van der Waals surface area contributed by atoms with Gasteiger partial charge in [0.15, 0.2) is 0 Å². The zero-order chi connectivity index (χ0) is 18.1. The molecule has 2 aliphatic rings. The molecule has 2 aromatic rings. The Balaban J connectivity index is 1.64. The molecule has 2 atom stereocenters. The molecule has 0 amide bonds. The monoisotopic (exact) mass is 355 g/mol. The maximum absolute atomic E-state index is 12.7. The van der Waals surface area contributed by atoms with Crippen molar-refractivity contribution in [3.8, 4) is 11.3 Å². The Labute approximate surface area is 152 Å². The van der Waals surface area contributed by atoms with E-state index in [2.05, 4.69) is 20.9 Å². The molecule has 0 saturated carbocycles. The summed E-state index contributed by atoms with van der Waals surface area (Å²) in [6.07, 6.45) is 3.63. The second-order valence-corrected chi connectivity index (χ2v) is 7.35. The van der Waals surface area contributed by atoms with Crippen LogP contribution in [-0.4, -0.2) is 52.8 Å². The zero-order valence-corrected chi connectivity index (χ0v) is 15.1. The Morgan fingerprint density at radius 3 is 2.92 bits per heavy atom. The lowest BCUT2D eigenvalue weighted by Gasteiger charge is -2.43. The number of pyridine rings is 1. The topological polar surface area (TPSA) is 86.3 Å². The highest BCUT2D eigenvalue weighted by atomic mass is 16.5. The largest absolute Gasteiger partial charge is 0.385 e. The second kappa shape index (κ2) is 7.17. The fraction of sp³-hybridized carbons (Fsp3) is 0.526. The average Bonchev–Trinajstić information content (AvgIpc) is 2.63. The molecule has 0 aromatic carbocycles. The maximum Gasteiger partial charge on any atom is 0.251 e. The van der Waals surface area contributed by atoms with E-state index in [9.17, 15) is 4.79 Å². The molecular formula is C19H25N5O2. The predicted octanol–water partition coefficient (Wildman–Crippen LogP) is 1.34. The quantitative estimate of drug-likeness (QED) is 0.815. The van der Waals surface area contributed by atoms with Crippen LogP contribution in [-0.2, 0) is 11.3 Å². The molecule has 1 fully saturated rings. The van der Waals surface area contributed by atoms with Gasteiger partial charge in [0.2, 0.25) is 0 Å². The van der Waals surface area contributed by atoms with E-state index in [1.807, 2.05) is 4.57 Å². The van der Waals surface area contributed by atoms with Crippen molar-refractivity contribution in [3.05, 3.63) is 40.6 Å². The number of fused-ring (bicyclic) bond motifs is 4. The van der Waals surface area contributed by atoms with Crippen LogP contribution in [0.4, 0.5) is 5.82 Å². The number of aromatic nitrogens is 3. The van der Waals surface area contributed by atoms with E-state index >= 15 is 0 Å². The number of nitrogen functional groups attached to an aromatic ring is 1. The summed E-state index contributed by atoms with van der Waals surface area (Å²) in [4.78, 5) is 23.5. The van der Waals surface area contributed by atoms with E-state index in [0.29, 0.717) is 23.3 Å². The van der Waals surface area contributed by atoms with E-state index in [-0.39, 0.29) is 5.56 Å². The third kappa shape index (κ3) is 3.37. The van der Waals surface area contributed by atoms with Crippen molar-refractivity contribution in [1.29, 1.82) is 0 Å². The van der Waals surface area contributed by atoms with Crippen molar-refractivity contribution in [1.82, 2.24) is 19.4 Å². The van der Waals surface area contributed by atoms with Gasteiger partial charge in [0, 0.05) is 69.2 Å². The minimum Gasteiger partial charge on any atom is -0.385 e. The number of ether oxygens (including phenoxy) is 1. The van der Waals surface area contributed by atoms with E-state index in [1.165, 1.54) is 6.33 Å². The predicted molar refractivity (Wildman–Crippen MR) is 99.9 cm³/mol. The van der Waals surface area contributed by atoms with Gasteiger partial charge in [-0.25, -0.2) is 9.97 Å². The number of likely N-dealkylation sites (tertiary alicyclic amines) is 1. The first-order chi connectivity index (χ1) is 12.6. The molecule has 0 aliphatic carbocycles. The highest BCUT2D eigenvalue weighted by Crippen LogP contribution is 2.36. The van der Waals surface area contributed by atoms with Crippen molar-refractivity contribution in [3.63, 3.8) is 0 Å². The first kappa shape index (κ1) is 17.2. The highest BCUT2D eigenvalue weighted by molar-refractivity contribution is 5.61. The SMILES string of the molecule is COCCCN1C[C@@H]2C[C@H](C1)c1cc(-c3cc(N)ncn3)cc(=O)n1C2. The van der Waals surface area contributed by atoms with Crippen LogP contribution in [0.2, 0.25) is 0 Å². The van der Waals surface area contributed by atoms with E-state index in [4.69, 9.17) is 10.5 Å². The van der Waals surface area contributed by atoms with Crippen molar-refractivity contribution in [2.75, 3.05) is 39.1 Å². The molecule has 0 radical (unpaired) electrons. The second-order valence-electron chi connectivity index (χ2n) is 7.35. The molecule has 4 heterocycles. The third-order valence-electron chi connectivity index (χ3n) is 5.44. The van der Waals surface area contributed by atoms with Gasteiger partial charge in [-0.15, -0.1) is 0 Å². The van der Waals surface area contributed by atoms with E-state index in [1.54, 1.807) is 19.2 Å². The van der Waals surface area contributed by atoms with Crippen molar-refractivity contribution in [2.24, 2.45) is 5.92 Å². The molecule has 1 saturated heterocycles. The van der Waals surface area contributed by atoms with Crippen LogP contribution in [0.25, 0.3) is 11.3 Å². The lowest BCUT2D eigenvalue weighted by Crippen LogP contribution is -2.47. The van der Waals surface area contributed by atoms with E-state index in [0.717, 1.165) is 56.9 Å². The summed E-state index contributed by atoms with van der Waals surface area (Å²) in [7, 11) is 1.75. The lowest BCUT2D eigenvalue weighted by atomic mass is 9.82. The van der Waals surface area contributed by atoms with Gasteiger partial charge >= 0.3 is 0 Å². The Morgan fingerprint density at radius 2 is 2.12 bits per heavy atom. The number of anilines is 1. The number of hydrogen-bond acceptors (Lipinski definition) is 6. The Bertz CT molecular complexity index is 850. The minimum atomic E-state index is 0.0530. The summed E-state index contributed by atoms with van der Waals surface area (Å²) in [5.74, 6) is 1.34. The van der Waals surface area contributed by atoms with Crippen LogP contribution in [0.15, 0.2) is 29.3 Å². The first-order valence-corrected chi connectivity index (χ1v) is 9.18. The Morgan fingerprint density at radius 1 is 1.23 bits per heavy atom. The van der Waals surface area contributed by atoms with Gasteiger partial charge < -0.3 is 19.9 Å². The summed E-state index contributed by atoms with van der Waals surface area (Å²) >= 11 is 0. The summed E-state index contributed by atoms with van der Waals surface area (Å²) in [6.45, 7) is 4.71. The van der Waals surface area contributed by atoms with Crippen molar-refractivity contribution >= 4 is 5.82 Å². The first-order valence-electron chi connectivity index (χ1n) is 9.18. The minimum absolute atomic E-state index is 0.0530. The van der Waals surface area contributed by atoms with Crippen molar-refractivity contribution < 1.29 is 4.74 Å². The standard InChI is InChI=1S/C19H25N5O2/c1-26-4-2-3-23-9-13-5-15(11-23)17-6-14(7-19(25)24(17)10-13)16-8-18(20)22-12-21-16/h6-8,12-13,15H,2-5,9-11H2,1H3,(H2,20,21,22)/t13-,15+/m0/s1. The number of nitrogens with zero attached hydrogens (tertiary/aromatic N) is 4. The average molecular weight is 355 g/mol. The van der Waals surface area contributed by atoms with Gasteiger partial charge in [0.05, 0.1) is 5.69 Å². The smallest absolute Gasteiger partial charge is 0.251 e. The zero-order valence-electron chi connectivity index (χ0n) is 15.1. The van der Waals surface area contributed by atoms with Gasteiger partial charge in [0.1, 0.15) is 12.1 Å². The molecule has 7 nitrogen and oxygen atoms in total. The summed E-state index contributed by atoms with van der Waals surface area (Å²) in [5, 5.41) is 0. The van der Waals surface area contributed by atoms with Gasteiger partial charge in [-0.2, -0.15) is 0 Å². The molecule has 2 bridgehead atoms. The van der Waals surface area contributed by atoms with E-state index < -0.39 is 0 Å². The van der Waals surface area contributed by atoms with Crippen LogP contribution in [0.1, 0.15) is 24.5 Å². The lowest BCUT2D eigenvalue weighted by molar-refractivity contribution is 0.106. The molecule has 2 aliphatic heterocycles. The maximum atomic E-state index is 12.7. The Kier molecular flexibility index (Phi) is 4.74. The molecule has 4 rings (SSSR count). The molecule has 7 heteroatoms.